The second-order valence-corrected chi connectivity index (χ2v) is 8.95. The fraction of sp³-hybridized carbons (Fsp3) is 0.294. The number of benzene rings is 1. The van der Waals surface area contributed by atoms with Gasteiger partial charge in [0, 0.05) is 23.1 Å². The van der Waals surface area contributed by atoms with Crippen LogP contribution in [-0.4, -0.2) is 39.7 Å². The van der Waals surface area contributed by atoms with Gasteiger partial charge in [-0.1, -0.05) is 0 Å². The summed E-state index contributed by atoms with van der Waals surface area (Å²) >= 11 is 1.26. The number of nitrogens with one attached hydrogen (secondary N) is 2. The lowest BCUT2D eigenvalue weighted by atomic mass is 10.1. The second kappa shape index (κ2) is 7.67. The highest BCUT2D eigenvalue weighted by atomic mass is 32.2. The van der Waals surface area contributed by atoms with E-state index in [2.05, 4.69) is 10.0 Å². The summed E-state index contributed by atoms with van der Waals surface area (Å²) in [7, 11) is -3.24. The second-order valence-electron chi connectivity index (χ2n) is 5.94. The van der Waals surface area contributed by atoms with Crippen molar-refractivity contribution in [1.82, 2.24) is 4.72 Å². The van der Waals surface area contributed by atoms with Crippen LogP contribution in [0.15, 0.2) is 24.3 Å². The highest BCUT2D eigenvalue weighted by Gasteiger charge is 2.21. The lowest BCUT2D eigenvalue weighted by molar-refractivity contribution is 0.101. The number of carbonyl (C=O) groups excluding carboxylic acids is 2. The Morgan fingerprint density at radius 2 is 1.89 bits per heavy atom. The van der Waals surface area contributed by atoms with Crippen LogP contribution in [0.5, 0.6) is 11.5 Å². The number of carbonyl (C=O) groups is 2. The van der Waals surface area contributed by atoms with Crippen LogP contribution < -0.4 is 19.5 Å². The van der Waals surface area contributed by atoms with Gasteiger partial charge in [-0.3, -0.25) is 9.59 Å². The van der Waals surface area contributed by atoms with E-state index in [0.717, 1.165) is 11.1 Å². The third kappa shape index (κ3) is 4.85. The fourth-order valence-corrected chi connectivity index (χ4v) is 3.89. The number of ketones is 1. The van der Waals surface area contributed by atoms with E-state index in [1.165, 1.54) is 18.3 Å². The molecule has 2 aromatic rings. The summed E-state index contributed by atoms with van der Waals surface area (Å²) in [5, 5.41) is 2.74. The zero-order chi connectivity index (χ0) is 19.6. The van der Waals surface area contributed by atoms with Gasteiger partial charge in [0.05, 0.1) is 16.8 Å². The molecule has 0 bridgehead atoms. The number of rotatable bonds is 7. The maximum Gasteiger partial charge on any atom is 0.265 e. The number of fused-ring (bicyclic) bond motifs is 1. The minimum absolute atomic E-state index is 0.0693. The van der Waals surface area contributed by atoms with E-state index >= 15 is 0 Å². The zero-order valence-electron chi connectivity index (χ0n) is 14.7. The lowest BCUT2D eigenvalue weighted by Gasteiger charge is -2.10. The van der Waals surface area contributed by atoms with E-state index in [1.54, 1.807) is 24.3 Å². The molecule has 1 aliphatic rings. The highest BCUT2D eigenvalue weighted by molar-refractivity contribution is 7.88. The van der Waals surface area contributed by atoms with Crippen molar-refractivity contribution < 1.29 is 27.5 Å². The third-order valence-corrected chi connectivity index (χ3v) is 5.63. The van der Waals surface area contributed by atoms with Crippen LogP contribution in [0.2, 0.25) is 0 Å². The molecule has 10 heteroatoms. The van der Waals surface area contributed by atoms with Crippen LogP contribution >= 0.6 is 11.3 Å². The van der Waals surface area contributed by atoms with Crippen LogP contribution in [0.25, 0.3) is 0 Å². The van der Waals surface area contributed by atoms with Gasteiger partial charge in [0.1, 0.15) is 0 Å². The molecular weight excluding hydrogens is 392 g/mol. The van der Waals surface area contributed by atoms with Crippen molar-refractivity contribution in [1.29, 1.82) is 0 Å². The Kier molecular flexibility index (Phi) is 5.49. The molecule has 27 heavy (non-hydrogen) atoms. The number of hydrogen-bond donors (Lipinski definition) is 2. The first kappa shape index (κ1) is 19.3. The minimum Gasteiger partial charge on any atom is -0.454 e. The first-order chi connectivity index (χ1) is 12.7. The Labute approximate surface area is 160 Å². The Hall–Kier alpha value is -2.43. The molecule has 0 saturated heterocycles. The maximum atomic E-state index is 12.5. The summed E-state index contributed by atoms with van der Waals surface area (Å²) < 4.78 is 35.1. The number of anilines is 1. The quantitative estimate of drug-likeness (QED) is 0.676. The summed E-state index contributed by atoms with van der Waals surface area (Å²) in [5.41, 5.74) is 0.687. The number of thiophene rings is 1. The molecule has 1 aliphatic heterocycles. The monoisotopic (exact) mass is 410 g/mol. The van der Waals surface area contributed by atoms with Crippen molar-refractivity contribution in [2.75, 3.05) is 24.9 Å². The number of amides is 1. The van der Waals surface area contributed by atoms with Crippen molar-refractivity contribution in [2.24, 2.45) is 0 Å². The average Bonchev–Trinajstić information content (AvgIpc) is 3.21. The van der Waals surface area contributed by atoms with E-state index in [0.29, 0.717) is 34.0 Å². The van der Waals surface area contributed by atoms with Crippen molar-refractivity contribution >= 4 is 38.7 Å². The number of Topliss-reactive ketones (excluding diaryl/α,β-unsaturated/α-hetero) is 1. The summed E-state index contributed by atoms with van der Waals surface area (Å²) in [6, 6.07) is 6.56. The van der Waals surface area contributed by atoms with Gasteiger partial charge in [0.25, 0.3) is 5.91 Å². The Balaban J connectivity index is 1.72. The van der Waals surface area contributed by atoms with Gasteiger partial charge in [-0.15, -0.1) is 11.3 Å². The normalized spacial score (nSPS) is 12.8. The SMILES string of the molecule is CC(=O)c1cc2c(cc1NC(=O)c1ccc(CCNS(C)(=O)=O)s1)OCO2. The van der Waals surface area contributed by atoms with Crippen molar-refractivity contribution in [2.45, 2.75) is 13.3 Å². The van der Waals surface area contributed by atoms with Crippen LogP contribution in [-0.2, 0) is 16.4 Å². The smallest absolute Gasteiger partial charge is 0.265 e. The number of sulfonamides is 1. The molecule has 2 N–H and O–H groups in total. The molecule has 1 aromatic carbocycles. The molecule has 0 radical (unpaired) electrons. The van der Waals surface area contributed by atoms with E-state index in [1.807, 2.05) is 0 Å². The van der Waals surface area contributed by atoms with Crippen LogP contribution in [0.3, 0.4) is 0 Å². The molecule has 0 fully saturated rings. The Bertz CT molecular complexity index is 997. The molecule has 0 atom stereocenters. The van der Waals surface area contributed by atoms with Crippen LogP contribution in [0.4, 0.5) is 5.69 Å². The summed E-state index contributed by atoms with van der Waals surface area (Å²) in [6.45, 7) is 1.74. The summed E-state index contributed by atoms with van der Waals surface area (Å²) in [6.07, 6.45) is 1.58. The fourth-order valence-electron chi connectivity index (χ4n) is 2.51. The van der Waals surface area contributed by atoms with E-state index in [9.17, 15) is 18.0 Å². The van der Waals surface area contributed by atoms with Crippen LogP contribution in [0, 0.1) is 0 Å². The molecule has 0 saturated carbocycles. The van der Waals surface area contributed by atoms with Crippen LogP contribution in [0.1, 0.15) is 31.8 Å². The predicted molar refractivity (Wildman–Crippen MR) is 101 cm³/mol. The van der Waals surface area contributed by atoms with Gasteiger partial charge >= 0.3 is 0 Å². The number of hydrogen-bond acceptors (Lipinski definition) is 7. The van der Waals surface area contributed by atoms with E-state index in [4.69, 9.17) is 9.47 Å². The number of ether oxygens (including phenoxy) is 2. The first-order valence-corrected chi connectivity index (χ1v) is 10.7. The maximum absolute atomic E-state index is 12.5. The largest absolute Gasteiger partial charge is 0.454 e. The predicted octanol–water partition coefficient (Wildman–Crippen LogP) is 2.02. The minimum atomic E-state index is -3.24. The molecular formula is C17H18N2O6S2. The average molecular weight is 410 g/mol. The first-order valence-electron chi connectivity index (χ1n) is 8.02. The van der Waals surface area contributed by atoms with E-state index in [-0.39, 0.29) is 25.0 Å². The van der Waals surface area contributed by atoms with Gasteiger partial charge in [-0.25, -0.2) is 13.1 Å². The van der Waals surface area contributed by atoms with Gasteiger partial charge in [-0.05, 0) is 31.5 Å². The van der Waals surface area contributed by atoms with E-state index < -0.39 is 10.0 Å². The molecule has 144 valence electrons. The molecule has 0 unspecified atom stereocenters. The molecule has 2 heterocycles. The Morgan fingerprint density at radius 1 is 1.19 bits per heavy atom. The summed E-state index contributed by atoms with van der Waals surface area (Å²) in [4.78, 5) is 25.8. The summed E-state index contributed by atoms with van der Waals surface area (Å²) in [5.74, 6) is 0.370. The molecule has 0 aliphatic carbocycles. The van der Waals surface area contributed by atoms with Gasteiger partial charge < -0.3 is 14.8 Å². The molecule has 1 aromatic heterocycles. The van der Waals surface area contributed by atoms with Gasteiger partial charge in [-0.2, -0.15) is 0 Å². The molecule has 8 nitrogen and oxygen atoms in total. The molecule has 1 amide bonds. The molecule has 0 spiro atoms. The van der Waals surface area contributed by atoms with Crippen molar-refractivity contribution in [3.63, 3.8) is 0 Å². The lowest BCUT2D eigenvalue weighted by Crippen LogP contribution is -2.24. The third-order valence-electron chi connectivity index (χ3n) is 3.76. The van der Waals surface area contributed by atoms with Crippen molar-refractivity contribution in [3.8, 4) is 11.5 Å². The highest BCUT2D eigenvalue weighted by Crippen LogP contribution is 2.37. The zero-order valence-corrected chi connectivity index (χ0v) is 16.3. The van der Waals surface area contributed by atoms with Gasteiger partial charge in [0.2, 0.25) is 16.8 Å². The standard InChI is InChI=1S/C17H18N2O6S2/c1-10(20)12-7-14-15(25-9-24-14)8-13(12)19-17(21)16-4-3-11(26-16)5-6-18-27(2,22)23/h3-4,7-8,18H,5-6,9H2,1-2H3,(H,19,21). The Morgan fingerprint density at radius 3 is 2.56 bits per heavy atom. The van der Waals surface area contributed by atoms with Crippen molar-refractivity contribution in [3.05, 3.63) is 39.6 Å². The van der Waals surface area contributed by atoms with Gasteiger partial charge in [0.15, 0.2) is 17.3 Å². The molecule has 3 rings (SSSR count). The topological polar surface area (TPSA) is 111 Å².